The van der Waals surface area contributed by atoms with Gasteiger partial charge in [0.05, 0.1) is 0 Å². The highest BCUT2D eigenvalue weighted by Gasteiger charge is 1.91. The Kier molecular flexibility index (Phi) is 3.60. The minimum atomic E-state index is 0.149. The molecule has 1 radical (unpaired) electrons. The first kappa shape index (κ1) is 8.75. The minimum absolute atomic E-state index is 0.149. The Hall–Kier alpha value is -0.340. The lowest BCUT2D eigenvalue weighted by Gasteiger charge is -1.97. The molecule has 59 valence electrons. The Balaban J connectivity index is 2.52. The number of aliphatic hydroxyl groups is 1. The van der Waals surface area contributed by atoms with Crippen LogP contribution in [0.5, 0.6) is 0 Å². The molecule has 0 amide bonds. The Morgan fingerprint density at radius 1 is 1.27 bits per heavy atom. The second-order valence-electron chi connectivity index (χ2n) is 2.30. The molecule has 0 aromatic heterocycles. The zero-order valence-electron chi connectivity index (χ0n) is 6.13. The van der Waals surface area contributed by atoms with E-state index in [1.54, 1.807) is 0 Å². The van der Waals surface area contributed by atoms with Crippen LogP contribution in [0.2, 0.25) is 0 Å². The van der Waals surface area contributed by atoms with E-state index in [0.29, 0.717) is 0 Å². The summed E-state index contributed by atoms with van der Waals surface area (Å²) in [5, 5.41) is 8.52. The van der Waals surface area contributed by atoms with Gasteiger partial charge in [0.15, 0.2) is 0 Å². The van der Waals surface area contributed by atoms with Crippen LogP contribution in [0.1, 0.15) is 5.56 Å². The molecule has 11 heavy (non-hydrogen) atoms. The maximum Gasteiger partial charge on any atom is 0.0466 e. The van der Waals surface area contributed by atoms with Crippen molar-refractivity contribution in [2.45, 2.75) is 6.42 Å². The van der Waals surface area contributed by atoms with Crippen LogP contribution < -0.4 is 0 Å². The van der Waals surface area contributed by atoms with Crippen LogP contribution in [0.3, 0.4) is 0 Å². The van der Waals surface area contributed by atoms with Crippen molar-refractivity contribution in [1.82, 2.24) is 0 Å². The van der Waals surface area contributed by atoms with Crippen LogP contribution >= 0.6 is 15.9 Å². The second kappa shape index (κ2) is 4.52. The molecule has 1 nitrogen and oxygen atoms in total. The lowest BCUT2D eigenvalue weighted by atomic mass is 10.1. The number of hydrogen-bond acceptors (Lipinski definition) is 1. The van der Waals surface area contributed by atoms with E-state index >= 15 is 0 Å². The summed E-state index contributed by atoms with van der Waals surface area (Å²) in [7, 11) is 0. The fraction of sp³-hybridized carbons (Fsp3) is 0.222. The van der Waals surface area contributed by atoms with Crippen LogP contribution in [0.4, 0.5) is 0 Å². The Morgan fingerprint density at radius 3 is 2.45 bits per heavy atom. The number of benzene rings is 1. The molecule has 0 aliphatic carbocycles. The zero-order valence-corrected chi connectivity index (χ0v) is 7.71. The van der Waals surface area contributed by atoms with Crippen LogP contribution in [-0.2, 0) is 6.42 Å². The van der Waals surface area contributed by atoms with E-state index < -0.39 is 0 Å². The summed E-state index contributed by atoms with van der Waals surface area (Å²) >= 11 is 3.35. The SMILES string of the molecule is OC[CH]Cc1ccc(Br)cc1. The first-order valence-electron chi connectivity index (χ1n) is 3.50. The molecule has 0 heterocycles. The Bertz CT molecular complexity index is 205. The number of hydrogen-bond donors (Lipinski definition) is 1. The highest BCUT2D eigenvalue weighted by atomic mass is 79.9. The van der Waals surface area contributed by atoms with E-state index in [1.165, 1.54) is 5.56 Å². The van der Waals surface area contributed by atoms with Crippen molar-refractivity contribution in [3.05, 3.63) is 40.7 Å². The van der Waals surface area contributed by atoms with Crippen molar-refractivity contribution in [3.8, 4) is 0 Å². The Labute approximate surface area is 75.2 Å². The van der Waals surface area contributed by atoms with Gasteiger partial charge in [-0.05, 0) is 30.5 Å². The van der Waals surface area contributed by atoms with Crippen molar-refractivity contribution in [3.63, 3.8) is 0 Å². The van der Waals surface area contributed by atoms with Gasteiger partial charge in [0.25, 0.3) is 0 Å². The van der Waals surface area contributed by atoms with E-state index in [0.717, 1.165) is 10.9 Å². The van der Waals surface area contributed by atoms with Crippen molar-refractivity contribution in [1.29, 1.82) is 0 Å². The normalized spacial score (nSPS) is 10.0. The lowest BCUT2D eigenvalue weighted by Crippen LogP contribution is -1.89. The molecule has 0 aliphatic rings. The molecule has 0 aliphatic heterocycles. The van der Waals surface area contributed by atoms with E-state index in [1.807, 2.05) is 30.7 Å². The van der Waals surface area contributed by atoms with Crippen molar-refractivity contribution in [2.75, 3.05) is 6.61 Å². The quantitative estimate of drug-likeness (QED) is 0.817. The fourth-order valence-corrected chi connectivity index (χ4v) is 1.12. The molecule has 0 unspecified atom stereocenters. The highest BCUT2D eigenvalue weighted by molar-refractivity contribution is 9.10. The second-order valence-corrected chi connectivity index (χ2v) is 3.22. The van der Waals surface area contributed by atoms with Gasteiger partial charge in [-0.1, -0.05) is 28.1 Å². The molecule has 0 saturated heterocycles. The average Bonchev–Trinajstić information content (AvgIpc) is 2.04. The van der Waals surface area contributed by atoms with Crippen LogP contribution in [0.25, 0.3) is 0 Å². The maximum absolute atomic E-state index is 8.52. The van der Waals surface area contributed by atoms with Gasteiger partial charge in [-0.15, -0.1) is 0 Å². The van der Waals surface area contributed by atoms with Gasteiger partial charge in [0.1, 0.15) is 0 Å². The third-order valence-corrected chi connectivity index (χ3v) is 1.95. The number of halogens is 1. The molecule has 1 rings (SSSR count). The molecule has 0 bridgehead atoms. The van der Waals surface area contributed by atoms with Gasteiger partial charge in [-0.25, -0.2) is 0 Å². The van der Waals surface area contributed by atoms with Crippen LogP contribution in [-0.4, -0.2) is 11.7 Å². The van der Waals surface area contributed by atoms with Crippen molar-refractivity contribution >= 4 is 15.9 Å². The number of aliphatic hydroxyl groups excluding tert-OH is 1. The minimum Gasteiger partial charge on any atom is -0.396 e. The maximum atomic E-state index is 8.52. The standard InChI is InChI=1S/C9H10BrO/c10-9-5-3-8(4-6-9)2-1-7-11/h1,3-6,11H,2,7H2. The van der Waals surface area contributed by atoms with Gasteiger partial charge in [0.2, 0.25) is 0 Å². The predicted octanol–water partition coefficient (Wildman–Crippen LogP) is 2.19. The summed E-state index contributed by atoms with van der Waals surface area (Å²) in [5.41, 5.74) is 1.22. The predicted molar refractivity (Wildman–Crippen MR) is 49.2 cm³/mol. The van der Waals surface area contributed by atoms with Crippen LogP contribution in [0.15, 0.2) is 28.7 Å². The first-order chi connectivity index (χ1) is 5.33. The summed E-state index contributed by atoms with van der Waals surface area (Å²) in [6, 6.07) is 8.08. The van der Waals surface area contributed by atoms with Crippen molar-refractivity contribution < 1.29 is 5.11 Å². The molecular formula is C9H10BrO. The van der Waals surface area contributed by atoms with Crippen molar-refractivity contribution in [2.24, 2.45) is 0 Å². The van der Waals surface area contributed by atoms with E-state index in [4.69, 9.17) is 5.11 Å². The molecule has 2 heteroatoms. The smallest absolute Gasteiger partial charge is 0.0466 e. The van der Waals surface area contributed by atoms with Gasteiger partial charge in [-0.3, -0.25) is 0 Å². The molecule has 0 saturated carbocycles. The summed E-state index contributed by atoms with van der Waals surface area (Å²) in [5.74, 6) is 0. The molecule has 0 fully saturated rings. The largest absolute Gasteiger partial charge is 0.396 e. The summed E-state index contributed by atoms with van der Waals surface area (Å²) in [4.78, 5) is 0. The zero-order chi connectivity index (χ0) is 8.10. The fourth-order valence-electron chi connectivity index (χ4n) is 0.852. The van der Waals surface area contributed by atoms with E-state index in [-0.39, 0.29) is 6.61 Å². The lowest BCUT2D eigenvalue weighted by molar-refractivity contribution is 0.325. The monoisotopic (exact) mass is 213 g/mol. The summed E-state index contributed by atoms with van der Waals surface area (Å²) in [6.07, 6.45) is 2.67. The average molecular weight is 214 g/mol. The van der Waals surface area contributed by atoms with Gasteiger partial charge in [0, 0.05) is 11.1 Å². The van der Waals surface area contributed by atoms with Gasteiger partial charge < -0.3 is 5.11 Å². The highest BCUT2D eigenvalue weighted by Crippen LogP contribution is 2.11. The van der Waals surface area contributed by atoms with Gasteiger partial charge in [-0.2, -0.15) is 0 Å². The summed E-state index contributed by atoms with van der Waals surface area (Å²) < 4.78 is 1.09. The molecular weight excluding hydrogens is 204 g/mol. The van der Waals surface area contributed by atoms with E-state index in [9.17, 15) is 0 Å². The summed E-state index contributed by atoms with van der Waals surface area (Å²) in [6.45, 7) is 0.149. The van der Waals surface area contributed by atoms with E-state index in [2.05, 4.69) is 15.9 Å². The van der Waals surface area contributed by atoms with Gasteiger partial charge >= 0.3 is 0 Å². The molecule has 1 N–H and O–H groups in total. The molecule has 0 spiro atoms. The topological polar surface area (TPSA) is 20.2 Å². The van der Waals surface area contributed by atoms with Crippen LogP contribution in [0, 0.1) is 6.42 Å². The number of rotatable bonds is 3. The third-order valence-electron chi connectivity index (χ3n) is 1.42. The molecule has 1 aromatic rings. The first-order valence-corrected chi connectivity index (χ1v) is 4.29. The molecule has 0 atom stereocenters. The molecule has 1 aromatic carbocycles. The third kappa shape index (κ3) is 3.04. The Morgan fingerprint density at radius 2 is 1.91 bits per heavy atom.